The lowest BCUT2D eigenvalue weighted by atomic mass is 9.96. The van der Waals surface area contributed by atoms with Crippen LogP contribution in [0.25, 0.3) is 0 Å². The summed E-state index contributed by atoms with van der Waals surface area (Å²) in [5, 5.41) is 0.904. The number of aryl methyl sites for hydroxylation is 2. The summed E-state index contributed by atoms with van der Waals surface area (Å²) in [6, 6.07) is 13.2. The number of halogens is 1. The summed E-state index contributed by atoms with van der Waals surface area (Å²) in [4.78, 5) is 0. The van der Waals surface area contributed by atoms with Crippen LogP contribution in [0.15, 0.2) is 36.4 Å². The molecule has 0 amide bonds. The summed E-state index contributed by atoms with van der Waals surface area (Å²) in [5.41, 5.74) is 6.59. The number of benzene rings is 2. The van der Waals surface area contributed by atoms with Gasteiger partial charge in [-0.05, 0) is 60.9 Å². The van der Waals surface area contributed by atoms with Gasteiger partial charge in [0.1, 0.15) is 0 Å². The molecule has 2 aromatic carbocycles. The fourth-order valence-electron chi connectivity index (χ4n) is 2.52. The van der Waals surface area contributed by atoms with Gasteiger partial charge in [-0.2, -0.15) is 0 Å². The van der Waals surface area contributed by atoms with Gasteiger partial charge in [-0.1, -0.05) is 61.3 Å². The molecule has 0 spiro atoms. The topological polar surface area (TPSA) is 0 Å². The van der Waals surface area contributed by atoms with Crippen LogP contribution < -0.4 is 0 Å². The highest BCUT2D eigenvalue weighted by Gasteiger charge is 2.06. The SMILES string of the molecule is Cc1ccc(C)c(Cc2ccc(CC(C)C)c(Cl)c2)c1. The minimum atomic E-state index is 0.636. The van der Waals surface area contributed by atoms with E-state index in [2.05, 4.69) is 64.1 Å². The highest BCUT2D eigenvalue weighted by Crippen LogP contribution is 2.23. The molecule has 0 saturated carbocycles. The molecule has 0 atom stereocenters. The third-order valence-electron chi connectivity index (χ3n) is 3.64. The summed E-state index contributed by atoms with van der Waals surface area (Å²) in [5.74, 6) is 0.636. The van der Waals surface area contributed by atoms with E-state index in [1.54, 1.807) is 0 Å². The minimum Gasteiger partial charge on any atom is -0.0840 e. The Kier molecular flexibility index (Phi) is 4.88. The number of hydrogen-bond donors (Lipinski definition) is 0. The monoisotopic (exact) mass is 286 g/mol. The van der Waals surface area contributed by atoms with Crippen LogP contribution in [0, 0.1) is 19.8 Å². The van der Waals surface area contributed by atoms with Gasteiger partial charge in [-0.3, -0.25) is 0 Å². The van der Waals surface area contributed by atoms with Crippen molar-refractivity contribution >= 4 is 11.6 Å². The zero-order chi connectivity index (χ0) is 14.7. The van der Waals surface area contributed by atoms with Crippen molar-refractivity contribution in [3.63, 3.8) is 0 Å². The molecule has 0 nitrogen and oxygen atoms in total. The molecule has 0 aliphatic rings. The van der Waals surface area contributed by atoms with Gasteiger partial charge in [-0.25, -0.2) is 0 Å². The van der Waals surface area contributed by atoms with Gasteiger partial charge in [0.2, 0.25) is 0 Å². The van der Waals surface area contributed by atoms with Crippen molar-refractivity contribution in [2.24, 2.45) is 5.92 Å². The second kappa shape index (κ2) is 6.45. The van der Waals surface area contributed by atoms with Gasteiger partial charge < -0.3 is 0 Å². The quantitative estimate of drug-likeness (QED) is 0.672. The summed E-state index contributed by atoms with van der Waals surface area (Å²) in [7, 11) is 0. The molecular formula is C19H23Cl. The first-order valence-corrected chi connectivity index (χ1v) is 7.67. The fraction of sp³-hybridized carbons (Fsp3) is 0.368. The van der Waals surface area contributed by atoms with E-state index < -0.39 is 0 Å². The Hall–Kier alpha value is -1.27. The average Bonchev–Trinajstić information content (AvgIpc) is 2.37. The average molecular weight is 287 g/mol. The smallest absolute Gasteiger partial charge is 0.0440 e. The lowest BCUT2D eigenvalue weighted by Crippen LogP contribution is -1.97. The molecule has 0 radical (unpaired) electrons. The predicted molar refractivity (Wildman–Crippen MR) is 88.7 cm³/mol. The summed E-state index contributed by atoms with van der Waals surface area (Å²) < 4.78 is 0. The van der Waals surface area contributed by atoms with Crippen molar-refractivity contribution in [2.45, 2.75) is 40.5 Å². The number of rotatable bonds is 4. The third-order valence-corrected chi connectivity index (χ3v) is 4.00. The Morgan fingerprint density at radius 2 is 1.70 bits per heavy atom. The van der Waals surface area contributed by atoms with E-state index in [9.17, 15) is 0 Å². The van der Waals surface area contributed by atoms with Crippen molar-refractivity contribution in [2.75, 3.05) is 0 Å². The highest BCUT2D eigenvalue weighted by molar-refractivity contribution is 6.31. The van der Waals surface area contributed by atoms with Crippen LogP contribution >= 0.6 is 11.6 Å². The van der Waals surface area contributed by atoms with Crippen LogP contribution in [-0.4, -0.2) is 0 Å². The summed E-state index contributed by atoms with van der Waals surface area (Å²) >= 11 is 6.41. The van der Waals surface area contributed by atoms with E-state index >= 15 is 0 Å². The van der Waals surface area contributed by atoms with E-state index in [0.717, 1.165) is 17.9 Å². The van der Waals surface area contributed by atoms with E-state index in [4.69, 9.17) is 11.6 Å². The van der Waals surface area contributed by atoms with E-state index in [0.29, 0.717) is 5.92 Å². The van der Waals surface area contributed by atoms with Crippen LogP contribution in [-0.2, 0) is 12.8 Å². The second-order valence-corrected chi connectivity index (χ2v) is 6.54. The molecule has 0 N–H and O–H groups in total. The Bertz CT molecular complexity index is 597. The van der Waals surface area contributed by atoms with Gasteiger partial charge in [0.05, 0.1) is 0 Å². The molecular weight excluding hydrogens is 264 g/mol. The summed E-state index contributed by atoms with van der Waals surface area (Å²) in [6.07, 6.45) is 2.00. The van der Waals surface area contributed by atoms with Crippen molar-refractivity contribution in [3.8, 4) is 0 Å². The predicted octanol–water partition coefficient (Wildman–Crippen LogP) is 5.75. The Morgan fingerprint density at radius 3 is 2.35 bits per heavy atom. The minimum absolute atomic E-state index is 0.636. The normalized spacial score (nSPS) is 11.1. The van der Waals surface area contributed by atoms with E-state index in [-0.39, 0.29) is 0 Å². The van der Waals surface area contributed by atoms with Crippen LogP contribution in [0.4, 0.5) is 0 Å². The van der Waals surface area contributed by atoms with Gasteiger partial charge in [0, 0.05) is 5.02 Å². The van der Waals surface area contributed by atoms with Gasteiger partial charge in [0.15, 0.2) is 0 Å². The van der Waals surface area contributed by atoms with Crippen molar-refractivity contribution < 1.29 is 0 Å². The molecule has 2 aromatic rings. The largest absolute Gasteiger partial charge is 0.0840 e. The molecule has 0 heterocycles. The second-order valence-electron chi connectivity index (χ2n) is 6.13. The maximum Gasteiger partial charge on any atom is 0.0440 e. The Labute approximate surface area is 127 Å². The summed E-state index contributed by atoms with van der Waals surface area (Å²) in [6.45, 7) is 8.76. The van der Waals surface area contributed by atoms with Gasteiger partial charge in [0.25, 0.3) is 0 Å². The van der Waals surface area contributed by atoms with Crippen LogP contribution in [0.1, 0.15) is 41.7 Å². The maximum absolute atomic E-state index is 6.41. The fourth-order valence-corrected chi connectivity index (χ4v) is 2.80. The van der Waals surface area contributed by atoms with Crippen LogP contribution in [0.2, 0.25) is 5.02 Å². The molecule has 0 aliphatic carbocycles. The molecule has 1 heteroatoms. The zero-order valence-electron chi connectivity index (χ0n) is 12.8. The molecule has 0 unspecified atom stereocenters. The molecule has 2 rings (SSSR count). The first-order valence-electron chi connectivity index (χ1n) is 7.29. The first-order chi connectivity index (χ1) is 9.45. The lowest BCUT2D eigenvalue weighted by molar-refractivity contribution is 0.647. The molecule has 0 fully saturated rings. The molecule has 0 aliphatic heterocycles. The first kappa shape index (κ1) is 15.1. The zero-order valence-corrected chi connectivity index (χ0v) is 13.6. The van der Waals surface area contributed by atoms with E-state index in [1.165, 1.54) is 27.8 Å². The van der Waals surface area contributed by atoms with Crippen molar-refractivity contribution in [1.82, 2.24) is 0 Å². The van der Waals surface area contributed by atoms with Gasteiger partial charge in [-0.15, -0.1) is 0 Å². The van der Waals surface area contributed by atoms with Crippen LogP contribution in [0.5, 0.6) is 0 Å². The third kappa shape index (κ3) is 3.86. The van der Waals surface area contributed by atoms with Crippen molar-refractivity contribution in [3.05, 3.63) is 69.2 Å². The maximum atomic E-state index is 6.41. The Morgan fingerprint density at radius 1 is 0.950 bits per heavy atom. The Balaban J connectivity index is 2.22. The van der Waals surface area contributed by atoms with Crippen molar-refractivity contribution in [1.29, 1.82) is 0 Å². The molecule has 20 heavy (non-hydrogen) atoms. The van der Waals surface area contributed by atoms with Gasteiger partial charge >= 0.3 is 0 Å². The molecule has 106 valence electrons. The highest BCUT2D eigenvalue weighted by atomic mass is 35.5. The standard InChI is InChI=1S/C19H23Cl/c1-13(2)9-17-8-7-16(12-19(17)20)11-18-10-14(3)5-6-15(18)4/h5-8,10,12-13H,9,11H2,1-4H3. The molecule has 0 aromatic heterocycles. The van der Waals surface area contributed by atoms with E-state index in [1.807, 2.05) is 0 Å². The lowest BCUT2D eigenvalue weighted by Gasteiger charge is -2.11. The van der Waals surface area contributed by atoms with Crippen LogP contribution in [0.3, 0.4) is 0 Å². The molecule has 0 bridgehead atoms. The molecule has 0 saturated heterocycles. The number of hydrogen-bond acceptors (Lipinski definition) is 0.